The van der Waals surface area contributed by atoms with Crippen molar-refractivity contribution in [3.8, 4) is 34.5 Å². The zero-order valence-electron chi connectivity index (χ0n) is 16.5. The summed E-state index contributed by atoms with van der Waals surface area (Å²) in [6.45, 7) is -0.428. The molecule has 0 atom stereocenters. The average Bonchev–Trinajstić information content (AvgIpc) is 3.24. The van der Waals surface area contributed by atoms with Gasteiger partial charge < -0.3 is 28.1 Å². The van der Waals surface area contributed by atoms with Crippen LogP contribution >= 0.6 is 15.9 Å². The van der Waals surface area contributed by atoms with Crippen LogP contribution < -0.4 is 18.9 Å². The fourth-order valence-electron chi connectivity index (χ4n) is 2.52. The Kier molecular flexibility index (Phi) is 7.12. The molecular formula is C20H19BrN2O7. The van der Waals surface area contributed by atoms with Crippen molar-refractivity contribution >= 4 is 21.9 Å². The van der Waals surface area contributed by atoms with E-state index in [9.17, 15) is 4.79 Å². The molecule has 0 aliphatic carbocycles. The second-order valence-electron chi connectivity index (χ2n) is 5.82. The first kappa shape index (κ1) is 21.4. The van der Waals surface area contributed by atoms with Gasteiger partial charge in [0.05, 0.1) is 21.3 Å². The van der Waals surface area contributed by atoms with Crippen LogP contribution in [0, 0.1) is 0 Å². The first-order valence-electron chi connectivity index (χ1n) is 8.70. The Morgan fingerprint density at radius 3 is 2.40 bits per heavy atom. The number of hydrogen-bond donors (Lipinski definition) is 0. The van der Waals surface area contributed by atoms with Crippen molar-refractivity contribution in [1.82, 2.24) is 10.2 Å². The molecule has 10 heteroatoms. The molecular weight excluding hydrogens is 460 g/mol. The SMILES string of the molecule is COc1cc(-c2nnc(COC(=O)COc3cccc(Br)c3)o2)cc(OC)c1OC. The quantitative estimate of drug-likeness (QED) is 0.426. The maximum atomic E-state index is 11.9. The van der Waals surface area contributed by atoms with Gasteiger partial charge in [0.2, 0.25) is 11.6 Å². The van der Waals surface area contributed by atoms with Gasteiger partial charge in [-0.3, -0.25) is 0 Å². The highest BCUT2D eigenvalue weighted by Crippen LogP contribution is 2.40. The summed E-state index contributed by atoms with van der Waals surface area (Å²) in [6, 6.07) is 10.5. The second kappa shape index (κ2) is 9.97. The predicted octanol–water partition coefficient (Wildman–Crippen LogP) is 3.65. The number of hydrogen-bond acceptors (Lipinski definition) is 9. The molecule has 3 rings (SSSR count). The standard InChI is InChI=1S/C20H19BrN2O7/c1-25-15-7-12(8-16(26-2)19(15)27-3)20-23-22-17(30-20)10-29-18(24)11-28-14-6-4-5-13(21)9-14/h4-9H,10-11H2,1-3H3. The van der Waals surface area contributed by atoms with Crippen LogP contribution in [-0.2, 0) is 16.1 Å². The molecule has 0 unspecified atom stereocenters. The van der Waals surface area contributed by atoms with Crippen LogP contribution in [0.5, 0.6) is 23.0 Å². The highest BCUT2D eigenvalue weighted by molar-refractivity contribution is 9.10. The first-order chi connectivity index (χ1) is 14.5. The van der Waals surface area contributed by atoms with Crippen LogP contribution in [0.4, 0.5) is 0 Å². The van der Waals surface area contributed by atoms with Gasteiger partial charge in [0, 0.05) is 10.0 Å². The summed E-state index contributed by atoms with van der Waals surface area (Å²) < 4.78 is 32.8. The van der Waals surface area contributed by atoms with Gasteiger partial charge in [-0.2, -0.15) is 0 Å². The van der Waals surface area contributed by atoms with Crippen molar-refractivity contribution < 1.29 is 32.9 Å². The smallest absolute Gasteiger partial charge is 0.344 e. The number of carbonyl (C=O) groups excluding carboxylic acids is 1. The highest BCUT2D eigenvalue weighted by Gasteiger charge is 2.18. The molecule has 0 saturated heterocycles. The third-order valence-corrected chi connectivity index (χ3v) is 4.38. The van der Waals surface area contributed by atoms with Crippen LogP contribution in [0.25, 0.3) is 11.5 Å². The van der Waals surface area contributed by atoms with E-state index in [0.29, 0.717) is 28.6 Å². The van der Waals surface area contributed by atoms with Crippen molar-refractivity contribution in [2.75, 3.05) is 27.9 Å². The Morgan fingerprint density at radius 1 is 1.03 bits per heavy atom. The van der Waals surface area contributed by atoms with Crippen molar-refractivity contribution in [2.24, 2.45) is 0 Å². The third-order valence-electron chi connectivity index (χ3n) is 3.89. The minimum atomic E-state index is -0.567. The van der Waals surface area contributed by atoms with Gasteiger partial charge in [-0.1, -0.05) is 22.0 Å². The molecule has 2 aromatic carbocycles. The van der Waals surface area contributed by atoms with Gasteiger partial charge >= 0.3 is 5.97 Å². The van der Waals surface area contributed by atoms with Crippen LogP contribution in [0.1, 0.15) is 5.89 Å². The topological polar surface area (TPSA) is 102 Å². The molecule has 1 aromatic heterocycles. The van der Waals surface area contributed by atoms with Gasteiger partial charge in [-0.25, -0.2) is 4.79 Å². The van der Waals surface area contributed by atoms with E-state index in [1.165, 1.54) is 21.3 Å². The molecule has 0 radical (unpaired) electrons. The summed E-state index contributed by atoms with van der Waals surface area (Å²) in [5.74, 6) is 1.67. The van der Waals surface area contributed by atoms with Gasteiger partial charge in [0.15, 0.2) is 24.7 Å². The van der Waals surface area contributed by atoms with E-state index >= 15 is 0 Å². The second-order valence-corrected chi connectivity index (χ2v) is 6.74. The largest absolute Gasteiger partial charge is 0.493 e. The van der Waals surface area contributed by atoms with Gasteiger partial charge in [-0.05, 0) is 30.3 Å². The summed E-state index contributed by atoms with van der Waals surface area (Å²) in [7, 11) is 4.53. The van der Waals surface area contributed by atoms with E-state index in [1.54, 1.807) is 30.3 Å². The van der Waals surface area contributed by atoms with Crippen LogP contribution in [0.2, 0.25) is 0 Å². The van der Waals surface area contributed by atoms with Crippen molar-refractivity contribution in [1.29, 1.82) is 0 Å². The van der Waals surface area contributed by atoms with E-state index in [2.05, 4.69) is 26.1 Å². The van der Waals surface area contributed by atoms with E-state index in [0.717, 1.165) is 4.47 Å². The summed E-state index contributed by atoms with van der Waals surface area (Å²) in [5, 5.41) is 7.87. The molecule has 0 amide bonds. The Hall–Kier alpha value is -3.27. The summed E-state index contributed by atoms with van der Waals surface area (Å²) in [4.78, 5) is 11.9. The molecule has 0 aliphatic rings. The molecule has 0 aliphatic heterocycles. The highest BCUT2D eigenvalue weighted by atomic mass is 79.9. The Balaban J connectivity index is 1.62. The van der Waals surface area contributed by atoms with Crippen molar-refractivity contribution in [3.05, 3.63) is 46.8 Å². The lowest BCUT2D eigenvalue weighted by atomic mass is 10.2. The zero-order valence-corrected chi connectivity index (χ0v) is 18.1. The first-order valence-corrected chi connectivity index (χ1v) is 9.50. The summed E-state index contributed by atoms with van der Waals surface area (Å²) in [6.07, 6.45) is 0. The Bertz CT molecular complexity index is 997. The minimum Gasteiger partial charge on any atom is -0.493 e. The molecule has 1 heterocycles. The van der Waals surface area contributed by atoms with Crippen LogP contribution in [0.15, 0.2) is 45.3 Å². The molecule has 0 fully saturated rings. The number of ether oxygens (including phenoxy) is 5. The Labute approximate surface area is 181 Å². The lowest BCUT2D eigenvalue weighted by Gasteiger charge is -2.12. The van der Waals surface area contributed by atoms with Crippen LogP contribution in [0.3, 0.4) is 0 Å². The maximum Gasteiger partial charge on any atom is 0.344 e. The average molecular weight is 479 g/mol. The number of rotatable bonds is 9. The third kappa shape index (κ3) is 5.20. The van der Waals surface area contributed by atoms with Crippen molar-refractivity contribution in [3.63, 3.8) is 0 Å². The lowest BCUT2D eigenvalue weighted by molar-refractivity contribution is -0.148. The van der Waals surface area contributed by atoms with Crippen LogP contribution in [-0.4, -0.2) is 44.1 Å². The number of nitrogens with zero attached hydrogens (tertiary/aromatic N) is 2. The van der Waals surface area contributed by atoms with Gasteiger partial charge in [0.25, 0.3) is 5.89 Å². The Morgan fingerprint density at radius 2 is 1.77 bits per heavy atom. The molecule has 9 nitrogen and oxygen atoms in total. The van der Waals surface area contributed by atoms with Gasteiger partial charge in [-0.15, -0.1) is 10.2 Å². The molecule has 30 heavy (non-hydrogen) atoms. The van der Waals surface area contributed by atoms with E-state index in [-0.39, 0.29) is 25.0 Å². The normalized spacial score (nSPS) is 10.4. The van der Waals surface area contributed by atoms with Crippen molar-refractivity contribution in [2.45, 2.75) is 6.61 Å². The lowest BCUT2D eigenvalue weighted by Crippen LogP contribution is -2.14. The number of methoxy groups -OCH3 is 3. The minimum absolute atomic E-state index is 0.134. The fourth-order valence-corrected chi connectivity index (χ4v) is 2.89. The molecule has 0 saturated carbocycles. The number of benzene rings is 2. The number of esters is 1. The fraction of sp³-hybridized carbons (Fsp3) is 0.250. The monoisotopic (exact) mass is 478 g/mol. The van der Waals surface area contributed by atoms with Gasteiger partial charge in [0.1, 0.15) is 5.75 Å². The van der Waals surface area contributed by atoms with E-state index in [1.807, 2.05) is 6.07 Å². The molecule has 0 N–H and O–H groups in total. The number of aromatic nitrogens is 2. The summed E-state index contributed by atoms with van der Waals surface area (Å²) in [5.41, 5.74) is 0.563. The number of carbonyl (C=O) groups is 1. The molecule has 0 spiro atoms. The molecule has 0 bridgehead atoms. The molecule has 158 valence electrons. The molecule has 3 aromatic rings. The zero-order chi connectivity index (χ0) is 21.5. The predicted molar refractivity (Wildman–Crippen MR) is 109 cm³/mol. The number of halogens is 1. The van der Waals surface area contributed by atoms with E-state index in [4.69, 9.17) is 28.1 Å². The van der Waals surface area contributed by atoms with E-state index < -0.39 is 5.97 Å². The maximum absolute atomic E-state index is 11.9. The summed E-state index contributed by atoms with van der Waals surface area (Å²) >= 11 is 3.33.